The van der Waals surface area contributed by atoms with Crippen LogP contribution in [0.4, 0.5) is 0 Å². The van der Waals surface area contributed by atoms with Crippen molar-refractivity contribution >= 4 is 10.0 Å². The van der Waals surface area contributed by atoms with Crippen LogP contribution in [0.3, 0.4) is 0 Å². The zero-order valence-electron chi connectivity index (χ0n) is 11.8. The molecule has 2 aromatic rings. The third-order valence-corrected chi connectivity index (χ3v) is 4.95. The summed E-state index contributed by atoms with van der Waals surface area (Å²) < 4.78 is 30.1. The Labute approximate surface area is 123 Å². The van der Waals surface area contributed by atoms with E-state index in [4.69, 9.17) is 4.52 Å². The average molecular weight is 307 g/mol. The molecule has 3 rings (SSSR count). The summed E-state index contributed by atoms with van der Waals surface area (Å²) in [5, 5.41) is 3.99. The summed E-state index contributed by atoms with van der Waals surface area (Å²) in [7, 11) is -3.17. The molecule has 0 aliphatic carbocycles. The number of piperidine rings is 1. The molecule has 1 aliphatic rings. The molecule has 21 heavy (non-hydrogen) atoms. The van der Waals surface area contributed by atoms with Crippen LogP contribution in [0.5, 0.6) is 0 Å². The summed E-state index contributed by atoms with van der Waals surface area (Å²) in [5.74, 6) is 1.03. The maximum Gasteiger partial charge on any atom is 0.231 e. The second-order valence-corrected chi connectivity index (χ2v) is 7.26. The van der Waals surface area contributed by atoms with Crippen LogP contribution in [-0.4, -0.2) is 42.2 Å². The van der Waals surface area contributed by atoms with Crippen LogP contribution in [0, 0.1) is 0 Å². The highest BCUT2D eigenvalue weighted by Crippen LogP contribution is 2.28. The van der Waals surface area contributed by atoms with Gasteiger partial charge in [0.1, 0.15) is 0 Å². The first-order chi connectivity index (χ1) is 10.0. The van der Waals surface area contributed by atoms with E-state index in [9.17, 15) is 8.42 Å². The number of hydrogen-bond acceptors (Lipinski definition) is 5. The molecule has 1 fully saturated rings. The fourth-order valence-corrected chi connectivity index (χ4v) is 3.46. The summed E-state index contributed by atoms with van der Waals surface area (Å²) in [6, 6.07) is 9.58. The van der Waals surface area contributed by atoms with E-state index in [2.05, 4.69) is 10.1 Å². The maximum atomic E-state index is 11.6. The standard InChI is InChI=1S/C14H17N3O3S/c1-21(18,19)17-9-5-8-12(10-17)14-15-13(16-20-14)11-6-3-2-4-7-11/h2-4,6-7,12H,5,8-10H2,1H3/t12-/m1/s1. The number of rotatable bonds is 3. The molecule has 2 heterocycles. The van der Waals surface area contributed by atoms with Crippen molar-refractivity contribution in [2.24, 2.45) is 0 Å². The molecule has 1 aliphatic heterocycles. The first kappa shape index (κ1) is 14.2. The lowest BCUT2D eigenvalue weighted by atomic mass is 10.00. The summed E-state index contributed by atoms with van der Waals surface area (Å²) in [6.45, 7) is 0.976. The fourth-order valence-electron chi connectivity index (χ4n) is 2.55. The average Bonchev–Trinajstić information content (AvgIpc) is 2.97. The molecule has 0 N–H and O–H groups in total. The van der Waals surface area contributed by atoms with Crippen LogP contribution in [0.1, 0.15) is 24.7 Å². The van der Waals surface area contributed by atoms with Gasteiger partial charge in [-0.05, 0) is 12.8 Å². The molecule has 0 amide bonds. The molecular formula is C14H17N3O3S. The Kier molecular flexibility index (Phi) is 3.77. The van der Waals surface area contributed by atoms with Gasteiger partial charge >= 0.3 is 0 Å². The Balaban J connectivity index is 1.80. The zero-order valence-corrected chi connectivity index (χ0v) is 12.6. The van der Waals surface area contributed by atoms with Crippen molar-refractivity contribution < 1.29 is 12.9 Å². The van der Waals surface area contributed by atoms with Gasteiger partial charge in [0.15, 0.2) is 0 Å². The minimum atomic E-state index is -3.17. The highest BCUT2D eigenvalue weighted by molar-refractivity contribution is 7.88. The summed E-state index contributed by atoms with van der Waals surface area (Å²) >= 11 is 0. The fraction of sp³-hybridized carbons (Fsp3) is 0.429. The van der Waals surface area contributed by atoms with Crippen LogP contribution in [0.2, 0.25) is 0 Å². The summed E-state index contributed by atoms with van der Waals surface area (Å²) in [5.41, 5.74) is 0.892. The molecule has 1 aromatic carbocycles. The predicted octanol–water partition coefficient (Wildman–Crippen LogP) is 1.88. The third kappa shape index (κ3) is 3.14. The van der Waals surface area contributed by atoms with Crippen molar-refractivity contribution in [3.8, 4) is 11.4 Å². The van der Waals surface area contributed by atoms with E-state index >= 15 is 0 Å². The Hall–Kier alpha value is -1.73. The lowest BCUT2D eigenvalue weighted by Crippen LogP contribution is -2.38. The number of sulfonamides is 1. The van der Waals surface area contributed by atoms with Gasteiger partial charge in [0.25, 0.3) is 0 Å². The van der Waals surface area contributed by atoms with Crippen molar-refractivity contribution in [2.45, 2.75) is 18.8 Å². The topological polar surface area (TPSA) is 76.3 Å². The number of hydrogen-bond donors (Lipinski definition) is 0. The lowest BCUT2D eigenvalue weighted by molar-refractivity contribution is 0.266. The van der Waals surface area contributed by atoms with Gasteiger partial charge in [-0.15, -0.1) is 0 Å². The summed E-state index contributed by atoms with van der Waals surface area (Å²) in [6.07, 6.45) is 2.90. The molecule has 0 bridgehead atoms. The number of aromatic nitrogens is 2. The predicted molar refractivity (Wildman–Crippen MR) is 78.1 cm³/mol. The molecule has 112 valence electrons. The van der Waals surface area contributed by atoms with Gasteiger partial charge in [-0.1, -0.05) is 35.5 Å². The molecule has 0 saturated carbocycles. The van der Waals surface area contributed by atoms with Crippen molar-refractivity contribution in [1.82, 2.24) is 14.4 Å². The van der Waals surface area contributed by atoms with E-state index < -0.39 is 10.0 Å². The van der Waals surface area contributed by atoms with Crippen LogP contribution >= 0.6 is 0 Å². The molecule has 7 heteroatoms. The van der Waals surface area contributed by atoms with Gasteiger partial charge in [0.05, 0.1) is 12.2 Å². The van der Waals surface area contributed by atoms with Crippen molar-refractivity contribution in [1.29, 1.82) is 0 Å². The molecule has 1 atom stereocenters. The molecule has 0 spiro atoms. The van der Waals surface area contributed by atoms with Gasteiger partial charge in [-0.2, -0.15) is 4.98 Å². The van der Waals surface area contributed by atoms with Crippen LogP contribution in [-0.2, 0) is 10.0 Å². The quantitative estimate of drug-likeness (QED) is 0.865. The smallest absolute Gasteiger partial charge is 0.231 e. The first-order valence-electron chi connectivity index (χ1n) is 6.88. The van der Waals surface area contributed by atoms with E-state index in [1.54, 1.807) is 0 Å². The Morgan fingerprint density at radius 2 is 2.05 bits per heavy atom. The minimum absolute atomic E-state index is 0.0292. The lowest BCUT2D eigenvalue weighted by Gasteiger charge is -2.28. The van der Waals surface area contributed by atoms with E-state index in [-0.39, 0.29) is 5.92 Å². The highest BCUT2D eigenvalue weighted by atomic mass is 32.2. The van der Waals surface area contributed by atoms with Gasteiger partial charge in [0, 0.05) is 18.7 Å². The van der Waals surface area contributed by atoms with Gasteiger partial charge in [-0.3, -0.25) is 0 Å². The second-order valence-electron chi connectivity index (χ2n) is 5.28. The van der Waals surface area contributed by atoms with Gasteiger partial charge in [0.2, 0.25) is 21.7 Å². The van der Waals surface area contributed by atoms with Crippen molar-refractivity contribution in [3.05, 3.63) is 36.2 Å². The van der Waals surface area contributed by atoms with E-state index in [0.29, 0.717) is 24.8 Å². The van der Waals surface area contributed by atoms with Crippen molar-refractivity contribution in [2.75, 3.05) is 19.3 Å². The molecule has 6 nitrogen and oxygen atoms in total. The van der Waals surface area contributed by atoms with Gasteiger partial charge < -0.3 is 4.52 Å². The van der Waals surface area contributed by atoms with E-state index in [1.807, 2.05) is 30.3 Å². The Morgan fingerprint density at radius 3 is 2.76 bits per heavy atom. The zero-order chi connectivity index (χ0) is 14.9. The monoisotopic (exact) mass is 307 g/mol. The largest absolute Gasteiger partial charge is 0.339 e. The summed E-state index contributed by atoms with van der Waals surface area (Å²) in [4.78, 5) is 4.42. The second kappa shape index (κ2) is 5.57. The molecule has 1 saturated heterocycles. The molecule has 0 unspecified atom stereocenters. The van der Waals surface area contributed by atoms with Crippen LogP contribution < -0.4 is 0 Å². The number of nitrogens with zero attached hydrogens (tertiary/aromatic N) is 3. The minimum Gasteiger partial charge on any atom is -0.339 e. The molecular weight excluding hydrogens is 290 g/mol. The Bertz CT molecular complexity index is 712. The first-order valence-corrected chi connectivity index (χ1v) is 8.73. The maximum absolute atomic E-state index is 11.6. The number of benzene rings is 1. The van der Waals surface area contributed by atoms with Gasteiger partial charge in [-0.25, -0.2) is 12.7 Å². The van der Waals surface area contributed by atoms with E-state index in [1.165, 1.54) is 10.6 Å². The normalized spacial score (nSPS) is 20.5. The highest BCUT2D eigenvalue weighted by Gasteiger charge is 2.30. The van der Waals surface area contributed by atoms with Crippen LogP contribution in [0.15, 0.2) is 34.9 Å². The van der Waals surface area contributed by atoms with E-state index in [0.717, 1.165) is 18.4 Å². The SMILES string of the molecule is CS(=O)(=O)N1CCC[C@@H](c2nc(-c3ccccc3)no2)C1. The Morgan fingerprint density at radius 1 is 1.29 bits per heavy atom. The van der Waals surface area contributed by atoms with Crippen LogP contribution in [0.25, 0.3) is 11.4 Å². The molecule has 1 aromatic heterocycles. The third-order valence-electron chi connectivity index (χ3n) is 3.68. The molecule has 0 radical (unpaired) electrons. The van der Waals surface area contributed by atoms with Crippen molar-refractivity contribution in [3.63, 3.8) is 0 Å².